The number of ether oxygens (including phenoxy) is 3. The highest BCUT2D eigenvalue weighted by Gasteiger charge is 2.59. The van der Waals surface area contributed by atoms with Gasteiger partial charge in [-0.15, -0.1) is 0 Å². The van der Waals surface area contributed by atoms with E-state index in [2.05, 4.69) is 5.32 Å². The molecule has 0 saturated heterocycles. The molecule has 1 aliphatic heterocycles. The van der Waals surface area contributed by atoms with Crippen LogP contribution >= 0.6 is 0 Å². The number of para-hydroxylation sites is 1. The number of hydrogen-bond acceptors (Lipinski definition) is 6. The van der Waals surface area contributed by atoms with E-state index in [0.717, 1.165) is 10.5 Å². The lowest BCUT2D eigenvalue weighted by molar-refractivity contribution is -0.124. The Morgan fingerprint density at radius 3 is 2.00 bits per heavy atom. The zero-order valence-corrected chi connectivity index (χ0v) is 24.7. The number of fused-ring (bicyclic) bond motifs is 1. The number of rotatable bonds is 6. The van der Waals surface area contributed by atoms with Crippen LogP contribution < -0.4 is 15.0 Å². The fourth-order valence-corrected chi connectivity index (χ4v) is 5.14. The quantitative estimate of drug-likeness (QED) is 0.361. The third kappa shape index (κ3) is 6.37. The number of benzene rings is 3. The van der Waals surface area contributed by atoms with Gasteiger partial charge in [0, 0.05) is 0 Å². The Labute approximate surface area is 241 Å². The van der Waals surface area contributed by atoms with Crippen LogP contribution in [-0.4, -0.2) is 36.4 Å². The molecule has 8 heteroatoms. The topological polar surface area (TPSA) is 94.2 Å². The van der Waals surface area contributed by atoms with Gasteiger partial charge in [-0.2, -0.15) is 0 Å². The summed E-state index contributed by atoms with van der Waals surface area (Å²) in [6, 6.07) is 22.9. The van der Waals surface area contributed by atoms with Crippen molar-refractivity contribution >= 4 is 23.8 Å². The molecule has 4 rings (SSSR count). The van der Waals surface area contributed by atoms with Crippen LogP contribution in [0.4, 0.5) is 15.3 Å². The predicted molar refractivity (Wildman–Crippen MR) is 157 cm³/mol. The van der Waals surface area contributed by atoms with E-state index in [-0.39, 0.29) is 6.42 Å². The summed E-state index contributed by atoms with van der Waals surface area (Å²) in [7, 11) is 1.59. The van der Waals surface area contributed by atoms with Crippen LogP contribution in [0.3, 0.4) is 0 Å². The lowest BCUT2D eigenvalue weighted by Gasteiger charge is -2.38. The van der Waals surface area contributed by atoms with Gasteiger partial charge in [-0.25, -0.2) is 14.5 Å². The molecule has 0 unspecified atom stereocenters. The number of nitrogens with zero attached hydrogens (tertiary/aromatic N) is 1. The van der Waals surface area contributed by atoms with Crippen molar-refractivity contribution in [2.24, 2.45) is 0 Å². The molecule has 3 aromatic rings. The van der Waals surface area contributed by atoms with Crippen LogP contribution in [0, 0.1) is 0 Å². The van der Waals surface area contributed by atoms with E-state index >= 15 is 0 Å². The maximum atomic E-state index is 14.8. The highest BCUT2D eigenvalue weighted by atomic mass is 16.6. The summed E-state index contributed by atoms with van der Waals surface area (Å²) < 4.78 is 16.7. The molecule has 8 nitrogen and oxygen atoms in total. The Morgan fingerprint density at radius 1 is 0.829 bits per heavy atom. The van der Waals surface area contributed by atoms with Gasteiger partial charge in [0.2, 0.25) is 5.91 Å². The lowest BCUT2D eigenvalue weighted by Crippen LogP contribution is -2.54. The second kappa shape index (κ2) is 11.3. The Balaban J connectivity index is 1.96. The lowest BCUT2D eigenvalue weighted by atomic mass is 9.68. The molecule has 1 N–H and O–H groups in total. The van der Waals surface area contributed by atoms with Gasteiger partial charge in [-0.1, -0.05) is 60.7 Å². The number of nitrogens with one attached hydrogen (secondary N) is 1. The first-order valence-corrected chi connectivity index (χ1v) is 13.6. The fraction of sp³-hybridized carbons (Fsp3) is 0.364. The van der Waals surface area contributed by atoms with Gasteiger partial charge in [0.25, 0.3) is 0 Å². The molecule has 3 amide bonds. The van der Waals surface area contributed by atoms with Gasteiger partial charge < -0.3 is 19.5 Å². The van der Waals surface area contributed by atoms with Gasteiger partial charge in [0.1, 0.15) is 22.4 Å². The first-order chi connectivity index (χ1) is 19.2. The minimum atomic E-state index is -1.43. The van der Waals surface area contributed by atoms with Crippen molar-refractivity contribution in [2.45, 2.75) is 70.6 Å². The molecule has 0 aliphatic carbocycles. The number of imide groups is 1. The number of amides is 3. The molecular formula is C33H38N2O6. The molecule has 1 heterocycles. The highest BCUT2D eigenvalue weighted by Crippen LogP contribution is 2.51. The second-order valence-electron chi connectivity index (χ2n) is 12.1. The average Bonchev–Trinajstić information content (AvgIpc) is 3.14. The van der Waals surface area contributed by atoms with E-state index in [1.807, 2.05) is 66.7 Å². The van der Waals surface area contributed by atoms with Crippen LogP contribution in [0.5, 0.6) is 5.75 Å². The number of methoxy groups -OCH3 is 1. The first-order valence-electron chi connectivity index (χ1n) is 13.6. The monoisotopic (exact) mass is 558 g/mol. The Hall–Kier alpha value is -4.33. The average molecular weight is 559 g/mol. The van der Waals surface area contributed by atoms with E-state index in [9.17, 15) is 14.4 Å². The summed E-state index contributed by atoms with van der Waals surface area (Å²) in [5, 5.41) is 3.01. The van der Waals surface area contributed by atoms with Crippen molar-refractivity contribution in [3.8, 4) is 5.75 Å². The van der Waals surface area contributed by atoms with Crippen LogP contribution in [0.2, 0.25) is 0 Å². The summed E-state index contributed by atoms with van der Waals surface area (Å²) >= 11 is 0. The third-order valence-electron chi connectivity index (χ3n) is 6.72. The molecule has 3 aromatic carbocycles. The molecular weight excluding hydrogens is 520 g/mol. The number of anilines is 1. The summed E-state index contributed by atoms with van der Waals surface area (Å²) in [5.74, 6) is 0.163. The minimum Gasteiger partial charge on any atom is -0.497 e. The Morgan fingerprint density at radius 2 is 1.41 bits per heavy atom. The molecule has 0 aromatic heterocycles. The molecule has 0 bridgehead atoms. The summed E-state index contributed by atoms with van der Waals surface area (Å²) in [4.78, 5) is 42.8. The van der Waals surface area contributed by atoms with Gasteiger partial charge in [-0.3, -0.25) is 4.79 Å². The van der Waals surface area contributed by atoms with Crippen molar-refractivity contribution in [2.75, 3.05) is 12.0 Å². The third-order valence-corrected chi connectivity index (χ3v) is 6.72. The van der Waals surface area contributed by atoms with Crippen molar-refractivity contribution in [3.05, 3.63) is 95.6 Å². The number of hydrogen-bond donors (Lipinski definition) is 1. The molecule has 0 spiro atoms. The fourth-order valence-electron chi connectivity index (χ4n) is 5.14. The largest absolute Gasteiger partial charge is 0.497 e. The van der Waals surface area contributed by atoms with E-state index in [1.165, 1.54) is 0 Å². The molecule has 2 atom stereocenters. The molecule has 0 fully saturated rings. The smallest absolute Gasteiger partial charge is 0.421 e. The van der Waals surface area contributed by atoms with Crippen LogP contribution in [0.25, 0.3) is 0 Å². The van der Waals surface area contributed by atoms with Gasteiger partial charge in [-0.05, 0) is 82.9 Å². The van der Waals surface area contributed by atoms with Crippen molar-refractivity contribution < 1.29 is 28.6 Å². The second-order valence-corrected chi connectivity index (χ2v) is 12.1. The number of alkyl carbamates (subject to hydrolysis) is 1. The van der Waals surface area contributed by atoms with Crippen molar-refractivity contribution in [3.63, 3.8) is 0 Å². The number of carbonyl (C=O) groups is 3. The highest BCUT2D eigenvalue weighted by molar-refractivity contribution is 6.21. The zero-order valence-electron chi connectivity index (χ0n) is 24.7. The Kier molecular flexibility index (Phi) is 8.15. The molecule has 0 radical (unpaired) electrons. The van der Waals surface area contributed by atoms with E-state index in [4.69, 9.17) is 14.2 Å². The minimum absolute atomic E-state index is 0.168. The van der Waals surface area contributed by atoms with E-state index < -0.39 is 40.8 Å². The summed E-state index contributed by atoms with van der Waals surface area (Å²) in [5.41, 5.74) is -0.535. The van der Waals surface area contributed by atoms with E-state index in [1.54, 1.807) is 60.8 Å². The van der Waals surface area contributed by atoms with Crippen molar-refractivity contribution in [1.82, 2.24) is 5.32 Å². The van der Waals surface area contributed by atoms with Crippen LogP contribution in [0.15, 0.2) is 78.9 Å². The molecule has 41 heavy (non-hydrogen) atoms. The zero-order chi connectivity index (χ0) is 30.0. The maximum Gasteiger partial charge on any atom is 0.421 e. The standard InChI is InChI=1S/C33H38N2O6/c1-31(2,3)40-29(37)34-27(23-13-9-8-10-14-23)33(21-22-17-19-24(39-7)20-18-22)25-15-11-12-16-26(25)35(28(33)36)30(38)41-32(4,5)6/h8-20,27H,21H2,1-7H3,(H,34,37)/t27-,33+/m1/s1. The predicted octanol–water partition coefficient (Wildman–Crippen LogP) is 6.72. The number of carbonyl (C=O) groups excluding carboxylic acids is 3. The van der Waals surface area contributed by atoms with Crippen LogP contribution in [-0.2, 0) is 26.1 Å². The maximum absolute atomic E-state index is 14.8. The normalized spacial score (nSPS) is 17.4. The molecule has 0 saturated carbocycles. The van der Waals surface area contributed by atoms with Gasteiger partial charge in [0.05, 0.1) is 18.8 Å². The first kappa shape index (κ1) is 29.6. The van der Waals surface area contributed by atoms with Crippen molar-refractivity contribution in [1.29, 1.82) is 0 Å². The van der Waals surface area contributed by atoms with Gasteiger partial charge >= 0.3 is 12.2 Å². The Bertz CT molecular complexity index is 1410. The summed E-state index contributed by atoms with van der Waals surface area (Å²) in [6.45, 7) is 10.6. The van der Waals surface area contributed by atoms with Gasteiger partial charge in [0.15, 0.2) is 0 Å². The molecule has 1 aliphatic rings. The SMILES string of the molecule is COc1ccc(C[C@]2([C@H](NC(=O)OC(C)(C)C)c3ccccc3)C(=O)N(C(=O)OC(C)(C)C)c3ccccc32)cc1. The summed E-state index contributed by atoms with van der Waals surface area (Å²) in [6.07, 6.45) is -1.29. The van der Waals surface area contributed by atoms with Crippen LogP contribution in [0.1, 0.15) is 64.3 Å². The van der Waals surface area contributed by atoms with E-state index in [0.29, 0.717) is 22.6 Å². The molecule has 216 valence electrons.